The fourth-order valence-corrected chi connectivity index (χ4v) is 3.37. The molecule has 1 heterocycles. The largest absolute Gasteiger partial charge is 0.465 e. The Morgan fingerprint density at radius 2 is 1.87 bits per heavy atom. The van der Waals surface area contributed by atoms with E-state index in [4.69, 9.17) is 17.0 Å². The maximum absolute atomic E-state index is 14.4. The zero-order chi connectivity index (χ0) is 22.8. The zero-order valence-corrected chi connectivity index (χ0v) is 17.5. The summed E-state index contributed by atoms with van der Waals surface area (Å²) in [5, 5.41) is 0.149. The SMILES string of the molecule is CCOC(=O)CN(C)C(=S)c1cc(-c2ccccc2F)nc2c(C(F)(F)F)cccc12. The first-order valence-corrected chi connectivity index (χ1v) is 9.71. The number of nitrogens with zero attached hydrogens (tertiary/aromatic N) is 2. The van der Waals surface area contributed by atoms with Gasteiger partial charge in [0.05, 0.1) is 23.4 Å². The van der Waals surface area contributed by atoms with E-state index in [2.05, 4.69) is 4.98 Å². The molecule has 0 spiro atoms. The second-order valence-electron chi connectivity index (χ2n) is 6.70. The van der Waals surface area contributed by atoms with Crippen molar-refractivity contribution in [3.05, 3.63) is 65.5 Å². The highest BCUT2D eigenvalue weighted by Crippen LogP contribution is 2.37. The molecule has 0 fully saturated rings. The standard InChI is InChI=1S/C22H18F4N2O2S/c1-3-30-19(29)12-28(2)21(31)15-11-18(14-7-4-5-10-17(14)23)27-20-13(15)8-6-9-16(20)22(24,25)26/h4-11H,3,12H2,1-2H3. The Kier molecular flexibility index (Phi) is 6.54. The number of ether oxygens (including phenoxy) is 1. The fourth-order valence-electron chi connectivity index (χ4n) is 3.14. The van der Waals surface area contributed by atoms with Crippen molar-refractivity contribution in [1.29, 1.82) is 0 Å². The van der Waals surface area contributed by atoms with Crippen molar-refractivity contribution in [3.8, 4) is 11.3 Å². The number of esters is 1. The number of alkyl halides is 3. The number of pyridine rings is 1. The molecular weight excluding hydrogens is 432 g/mol. The number of para-hydroxylation sites is 1. The summed E-state index contributed by atoms with van der Waals surface area (Å²) in [4.78, 5) is 17.5. The molecule has 2 aromatic carbocycles. The molecule has 0 bridgehead atoms. The molecule has 0 aliphatic heterocycles. The van der Waals surface area contributed by atoms with Gasteiger partial charge in [-0.15, -0.1) is 0 Å². The number of carbonyl (C=O) groups is 1. The zero-order valence-electron chi connectivity index (χ0n) is 16.7. The maximum atomic E-state index is 14.4. The minimum atomic E-state index is -4.67. The molecular formula is C22H18F4N2O2S. The lowest BCUT2D eigenvalue weighted by atomic mass is 10.0. The number of hydrogen-bond donors (Lipinski definition) is 0. The van der Waals surface area contributed by atoms with Gasteiger partial charge in [-0.3, -0.25) is 4.79 Å². The lowest BCUT2D eigenvalue weighted by Crippen LogP contribution is -2.32. The Morgan fingerprint density at radius 1 is 1.16 bits per heavy atom. The summed E-state index contributed by atoms with van der Waals surface area (Å²) in [5.41, 5.74) is -1.03. The lowest BCUT2D eigenvalue weighted by molar-refractivity contribution is -0.143. The molecule has 0 radical (unpaired) electrons. The molecule has 0 N–H and O–H groups in total. The van der Waals surface area contributed by atoms with Crippen LogP contribution < -0.4 is 0 Å². The van der Waals surface area contributed by atoms with Crippen molar-refractivity contribution in [2.24, 2.45) is 0 Å². The number of carbonyl (C=O) groups excluding carboxylic acids is 1. The monoisotopic (exact) mass is 450 g/mol. The molecule has 31 heavy (non-hydrogen) atoms. The molecule has 0 amide bonds. The molecule has 9 heteroatoms. The highest BCUT2D eigenvalue weighted by atomic mass is 32.1. The smallest absolute Gasteiger partial charge is 0.418 e. The quantitative estimate of drug-likeness (QED) is 0.303. The van der Waals surface area contributed by atoms with Gasteiger partial charge in [0.2, 0.25) is 0 Å². The van der Waals surface area contributed by atoms with E-state index in [1.807, 2.05) is 0 Å². The highest BCUT2D eigenvalue weighted by molar-refractivity contribution is 7.80. The van der Waals surface area contributed by atoms with Crippen LogP contribution in [-0.2, 0) is 15.7 Å². The summed E-state index contributed by atoms with van der Waals surface area (Å²) in [6, 6.07) is 10.7. The highest BCUT2D eigenvalue weighted by Gasteiger charge is 2.34. The van der Waals surface area contributed by atoms with E-state index in [0.29, 0.717) is 0 Å². The first-order chi connectivity index (χ1) is 14.6. The van der Waals surface area contributed by atoms with Crippen molar-refractivity contribution in [1.82, 2.24) is 9.88 Å². The van der Waals surface area contributed by atoms with Crippen molar-refractivity contribution < 1.29 is 27.1 Å². The number of aromatic nitrogens is 1. The van der Waals surface area contributed by atoms with Crippen LogP contribution in [0.1, 0.15) is 18.1 Å². The summed E-state index contributed by atoms with van der Waals surface area (Å²) in [6.45, 7) is 1.65. The predicted octanol–water partition coefficient (Wildman–Crippen LogP) is 5.23. The van der Waals surface area contributed by atoms with Gasteiger partial charge in [-0.1, -0.05) is 36.5 Å². The Morgan fingerprint density at radius 3 is 2.52 bits per heavy atom. The number of rotatable bonds is 5. The van der Waals surface area contributed by atoms with Gasteiger partial charge >= 0.3 is 12.1 Å². The minimum absolute atomic E-state index is 0.00387. The third-order valence-corrected chi connectivity index (χ3v) is 5.08. The van der Waals surface area contributed by atoms with Gasteiger partial charge in [0.1, 0.15) is 17.4 Å². The molecule has 0 aliphatic carbocycles. The summed E-state index contributed by atoms with van der Waals surface area (Å²) in [5.74, 6) is -1.16. The van der Waals surface area contributed by atoms with Crippen molar-refractivity contribution >= 4 is 34.1 Å². The second-order valence-corrected chi connectivity index (χ2v) is 7.09. The first-order valence-electron chi connectivity index (χ1n) is 9.30. The van der Waals surface area contributed by atoms with Crippen LogP contribution in [0.4, 0.5) is 17.6 Å². The number of thiocarbonyl (C=S) groups is 1. The van der Waals surface area contributed by atoms with Crippen molar-refractivity contribution in [2.45, 2.75) is 13.1 Å². The molecule has 0 unspecified atom stereocenters. The third kappa shape index (κ3) is 4.82. The number of fused-ring (bicyclic) bond motifs is 1. The first kappa shape index (κ1) is 22.6. The van der Waals surface area contributed by atoms with Gasteiger partial charge in [0, 0.05) is 23.6 Å². The predicted molar refractivity (Wildman–Crippen MR) is 113 cm³/mol. The van der Waals surface area contributed by atoms with Gasteiger partial charge in [0.15, 0.2) is 0 Å². The average Bonchev–Trinajstić information content (AvgIpc) is 2.71. The summed E-state index contributed by atoms with van der Waals surface area (Å²) < 4.78 is 60.3. The second kappa shape index (κ2) is 8.97. The van der Waals surface area contributed by atoms with Crippen LogP contribution >= 0.6 is 12.2 Å². The van der Waals surface area contributed by atoms with Crippen molar-refractivity contribution in [2.75, 3.05) is 20.2 Å². The van der Waals surface area contributed by atoms with E-state index >= 15 is 0 Å². The molecule has 4 nitrogen and oxygen atoms in total. The number of benzene rings is 2. The van der Waals surface area contributed by atoms with Crippen LogP contribution in [0.25, 0.3) is 22.2 Å². The van der Waals surface area contributed by atoms with Crippen LogP contribution in [0.2, 0.25) is 0 Å². The van der Waals surface area contributed by atoms with E-state index in [9.17, 15) is 22.4 Å². The molecule has 0 saturated heterocycles. The minimum Gasteiger partial charge on any atom is -0.465 e. The fraction of sp³-hybridized carbons (Fsp3) is 0.227. The number of halogens is 4. The Labute approximate surface area is 181 Å². The molecule has 0 atom stereocenters. The average molecular weight is 450 g/mol. The number of likely N-dealkylation sites (N-methyl/N-ethyl adjacent to an activating group) is 1. The van der Waals surface area contributed by atoms with E-state index in [1.165, 1.54) is 48.3 Å². The lowest BCUT2D eigenvalue weighted by Gasteiger charge is -2.21. The van der Waals surface area contributed by atoms with Crippen LogP contribution in [0.5, 0.6) is 0 Å². The Hall–Kier alpha value is -3.07. The third-order valence-electron chi connectivity index (χ3n) is 4.54. The normalized spacial score (nSPS) is 11.4. The van der Waals surface area contributed by atoms with E-state index in [1.54, 1.807) is 13.0 Å². The Bertz CT molecular complexity index is 1150. The van der Waals surface area contributed by atoms with E-state index < -0.39 is 23.5 Å². The summed E-state index contributed by atoms with van der Waals surface area (Å²) in [7, 11) is 1.53. The molecule has 1 aromatic heterocycles. The van der Waals surface area contributed by atoms with Crippen LogP contribution in [0, 0.1) is 5.82 Å². The Balaban J connectivity index is 2.23. The van der Waals surface area contributed by atoms with Crippen LogP contribution in [-0.4, -0.2) is 41.0 Å². The van der Waals surface area contributed by atoms with Gasteiger partial charge in [0.25, 0.3) is 0 Å². The van der Waals surface area contributed by atoms with Crippen LogP contribution in [0.3, 0.4) is 0 Å². The van der Waals surface area contributed by atoms with Gasteiger partial charge < -0.3 is 9.64 Å². The summed E-state index contributed by atoms with van der Waals surface area (Å²) >= 11 is 5.47. The van der Waals surface area contributed by atoms with Gasteiger partial charge in [-0.25, -0.2) is 9.37 Å². The maximum Gasteiger partial charge on any atom is 0.418 e. The van der Waals surface area contributed by atoms with Gasteiger partial charge in [-0.05, 0) is 31.2 Å². The van der Waals surface area contributed by atoms with E-state index in [-0.39, 0.29) is 45.9 Å². The van der Waals surface area contributed by atoms with E-state index in [0.717, 1.165) is 6.07 Å². The molecule has 3 rings (SSSR count). The topological polar surface area (TPSA) is 42.4 Å². The number of hydrogen-bond acceptors (Lipinski definition) is 4. The molecule has 3 aromatic rings. The van der Waals surface area contributed by atoms with Gasteiger partial charge in [-0.2, -0.15) is 13.2 Å². The van der Waals surface area contributed by atoms with Crippen LogP contribution in [0.15, 0.2) is 48.5 Å². The van der Waals surface area contributed by atoms with Crippen molar-refractivity contribution in [3.63, 3.8) is 0 Å². The molecule has 162 valence electrons. The molecule has 0 saturated carbocycles. The molecule has 0 aliphatic rings. The summed E-state index contributed by atoms with van der Waals surface area (Å²) in [6.07, 6.45) is -4.67.